The van der Waals surface area contributed by atoms with Crippen molar-refractivity contribution in [3.8, 4) is 6.07 Å². The highest BCUT2D eigenvalue weighted by atomic mass is 35.5. The Hall–Kier alpha value is -2.84. The van der Waals surface area contributed by atoms with Crippen LogP contribution in [0.3, 0.4) is 0 Å². The van der Waals surface area contributed by atoms with E-state index in [1.54, 1.807) is 53.4 Å². The monoisotopic (exact) mass is 326 g/mol. The molecular formula is C17H13ClN3O2+. The number of hydrogen-bond acceptors (Lipinski definition) is 3. The molecule has 23 heavy (non-hydrogen) atoms. The van der Waals surface area contributed by atoms with Gasteiger partial charge >= 0.3 is 0 Å². The molecule has 1 amide bonds. The van der Waals surface area contributed by atoms with Gasteiger partial charge in [-0.05, 0) is 17.7 Å². The van der Waals surface area contributed by atoms with Gasteiger partial charge < -0.3 is 5.11 Å². The van der Waals surface area contributed by atoms with Crippen LogP contribution in [0.15, 0.2) is 66.3 Å². The highest BCUT2D eigenvalue weighted by Gasteiger charge is 2.45. The fraction of sp³-hybridized carbons (Fsp3) is 0.118. The summed E-state index contributed by atoms with van der Waals surface area (Å²) in [6.45, 7) is 0. The largest absolute Gasteiger partial charge is 0.494 e. The molecule has 0 saturated carbocycles. The number of carbonyl (C=O) groups is 1. The number of nitrogens with zero attached hydrogens (tertiary/aromatic N) is 2. The second-order valence-electron chi connectivity index (χ2n) is 5.16. The summed E-state index contributed by atoms with van der Waals surface area (Å²) >= 11 is 5.92. The number of nitriles is 1. The molecule has 0 radical (unpaired) electrons. The van der Waals surface area contributed by atoms with Crippen molar-refractivity contribution in [2.45, 2.75) is 12.0 Å². The molecular weight excluding hydrogens is 314 g/mol. The van der Waals surface area contributed by atoms with E-state index in [1.165, 1.54) is 0 Å². The Morgan fingerprint density at radius 3 is 2.43 bits per heavy atom. The summed E-state index contributed by atoms with van der Waals surface area (Å²) in [5, 5.41) is 22.4. The molecule has 1 aromatic carbocycles. The third-order valence-corrected chi connectivity index (χ3v) is 4.05. The van der Waals surface area contributed by atoms with E-state index in [0.717, 1.165) is 5.56 Å². The third kappa shape index (κ3) is 2.77. The lowest BCUT2D eigenvalue weighted by Gasteiger charge is -2.27. The number of aliphatic hydroxyl groups excluding tert-OH is 1. The molecule has 0 fully saturated rings. The van der Waals surface area contributed by atoms with Crippen LogP contribution in [0.4, 0.5) is 0 Å². The molecule has 1 aliphatic heterocycles. The molecule has 0 spiro atoms. The first kappa shape index (κ1) is 15.1. The van der Waals surface area contributed by atoms with Crippen LogP contribution in [-0.4, -0.2) is 11.0 Å². The van der Waals surface area contributed by atoms with E-state index in [0.29, 0.717) is 5.02 Å². The highest BCUT2D eigenvalue weighted by Crippen LogP contribution is 2.36. The zero-order chi connectivity index (χ0) is 16.4. The molecule has 6 heteroatoms. The molecule has 1 aromatic heterocycles. The van der Waals surface area contributed by atoms with Gasteiger partial charge in [-0.3, -0.25) is 10.1 Å². The topological polar surface area (TPSA) is 77.0 Å². The van der Waals surface area contributed by atoms with Crippen LogP contribution in [-0.2, 0) is 4.79 Å². The minimum absolute atomic E-state index is 0.119. The fourth-order valence-electron chi connectivity index (χ4n) is 2.76. The van der Waals surface area contributed by atoms with Crippen molar-refractivity contribution in [3.05, 3.63) is 76.9 Å². The van der Waals surface area contributed by atoms with Crippen molar-refractivity contribution in [3.63, 3.8) is 0 Å². The molecule has 5 nitrogen and oxygen atoms in total. The first-order valence-electron chi connectivity index (χ1n) is 6.97. The Bertz CT molecular complexity index is 810. The molecule has 2 atom stereocenters. The Balaban J connectivity index is 2.18. The molecule has 3 rings (SSSR count). The van der Waals surface area contributed by atoms with E-state index in [4.69, 9.17) is 11.6 Å². The van der Waals surface area contributed by atoms with Crippen molar-refractivity contribution in [2.24, 2.45) is 0 Å². The van der Waals surface area contributed by atoms with Crippen LogP contribution in [0.5, 0.6) is 0 Å². The second-order valence-corrected chi connectivity index (χ2v) is 5.60. The lowest BCUT2D eigenvalue weighted by atomic mass is 9.82. The quantitative estimate of drug-likeness (QED) is 0.832. The van der Waals surface area contributed by atoms with E-state index >= 15 is 0 Å². The number of benzene rings is 1. The summed E-state index contributed by atoms with van der Waals surface area (Å²) in [7, 11) is 0. The number of nitrogens with one attached hydrogen (secondary N) is 1. The maximum Gasteiger partial charge on any atom is 0.296 e. The van der Waals surface area contributed by atoms with Crippen LogP contribution in [0.25, 0.3) is 0 Å². The molecule has 2 aromatic rings. The van der Waals surface area contributed by atoms with Crippen molar-refractivity contribution in [2.75, 3.05) is 0 Å². The summed E-state index contributed by atoms with van der Waals surface area (Å²) in [6, 6.07) is 13.7. The number of amides is 1. The maximum atomic E-state index is 12.5. The predicted octanol–water partition coefficient (Wildman–Crippen LogP) is 2.38. The van der Waals surface area contributed by atoms with Gasteiger partial charge in [0.15, 0.2) is 12.4 Å². The molecule has 0 bridgehead atoms. The van der Waals surface area contributed by atoms with Crippen LogP contribution >= 0.6 is 11.6 Å². The number of rotatable bonds is 2. The van der Waals surface area contributed by atoms with Gasteiger partial charge in [0.2, 0.25) is 11.9 Å². The zero-order valence-electron chi connectivity index (χ0n) is 12.0. The Labute approximate surface area is 138 Å². The fourth-order valence-corrected chi connectivity index (χ4v) is 2.89. The minimum Gasteiger partial charge on any atom is -0.494 e. The number of halogens is 1. The average Bonchev–Trinajstić information content (AvgIpc) is 2.56. The lowest BCUT2D eigenvalue weighted by molar-refractivity contribution is -0.711. The van der Waals surface area contributed by atoms with Crippen molar-refractivity contribution >= 4 is 17.5 Å². The van der Waals surface area contributed by atoms with Crippen LogP contribution in [0.2, 0.25) is 5.02 Å². The molecule has 1 aliphatic rings. The van der Waals surface area contributed by atoms with Gasteiger partial charge in [0.05, 0.1) is 5.92 Å². The van der Waals surface area contributed by atoms with Crippen molar-refractivity contribution in [1.82, 2.24) is 5.32 Å². The van der Waals surface area contributed by atoms with Crippen LogP contribution < -0.4 is 9.88 Å². The molecule has 0 saturated heterocycles. The van der Waals surface area contributed by atoms with Crippen LogP contribution in [0, 0.1) is 11.3 Å². The summed E-state index contributed by atoms with van der Waals surface area (Å²) < 4.78 is 1.72. The summed E-state index contributed by atoms with van der Waals surface area (Å²) in [6.07, 6.45) is 3.51. The van der Waals surface area contributed by atoms with Gasteiger partial charge in [0.1, 0.15) is 11.6 Å². The van der Waals surface area contributed by atoms with Gasteiger partial charge in [0, 0.05) is 17.2 Å². The zero-order valence-corrected chi connectivity index (χ0v) is 12.7. The number of aromatic nitrogens is 1. The number of hydrogen-bond donors (Lipinski definition) is 2. The summed E-state index contributed by atoms with van der Waals surface area (Å²) in [5.41, 5.74) is 0.849. The predicted molar refractivity (Wildman–Crippen MR) is 83.3 cm³/mol. The van der Waals surface area contributed by atoms with Gasteiger partial charge in [-0.2, -0.15) is 9.83 Å². The molecule has 114 valence electrons. The Kier molecular flexibility index (Phi) is 4.00. The lowest BCUT2D eigenvalue weighted by Crippen LogP contribution is -2.53. The number of carbonyl (C=O) groups excluding carboxylic acids is 1. The van der Waals surface area contributed by atoms with Gasteiger partial charge in [0.25, 0.3) is 5.91 Å². The number of allylic oxidation sites excluding steroid dienone is 1. The smallest absolute Gasteiger partial charge is 0.296 e. The molecule has 2 N–H and O–H groups in total. The van der Waals surface area contributed by atoms with Gasteiger partial charge in [-0.1, -0.05) is 29.8 Å². The Morgan fingerprint density at radius 2 is 1.83 bits per heavy atom. The first-order chi connectivity index (χ1) is 11.1. The third-order valence-electron chi connectivity index (χ3n) is 3.80. The van der Waals surface area contributed by atoms with E-state index < -0.39 is 17.8 Å². The molecule has 2 heterocycles. The number of pyridine rings is 1. The maximum absolute atomic E-state index is 12.5. The second kappa shape index (κ2) is 6.11. The summed E-state index contributed by atoms with van der Waals surface area (Å²) in [4.78, 5) is 12.5. The molecule has 0 unspecified atom stereocenters. The normalized spacial score (nSPS) is 20.8. The number of aliphatic hydroxyl groups is 1. The first-order valence-corrected chi connectivity index (χ1v) is 7.35. The summed E-state index contributed by atoms with van der Waals surface area (Å²) in [5.74, 6) is -1.37. The molecule has 0 aliphatic carbocycles. The van der Waals surface area contributed by atoms with Crippen molar-refractivity contribution < 1.29 is 14.5 Å². The van der Waals surface area contributed by atoms with E-state index in [1.807, 2.05) is 12.1 Å². The van der Waals surface area contributed by atoms with Gasteiger partial charge in [-0.25, -0.2) is 0 Å². The van der Waals surface area contributed by atoms with Gasteiger partial charge in [-0.15, -0.1) is 0 Å². The van der Waals surface area contributed by atoms with E-state index in [2.05, 4.69) is 5.32 Å². The Morgan fingerprint density at radius 1 is 1.17 bits per heavy atom. The highest BCUT2D eigenvalue weighted by molar-refractivity contribution is 6.30. The van der Waals surface area contributed by atoms with E-state index in [9.17, 15) is 15.2 Å². The van der Waals surface area contributed by atoms with E-state index in [-0.39, 0.29) is 11.5 Å². The standard InChI is InChI=1S/C17H12ClN3O2/c18-12-6-4-11(5-7-12)14-13(10-19)16(22)20-17(23)15(14)21-8-2-1-3-9-21/h1-9,14-15H,(H-,20,22,23)/p+1/t14-,15+/m1/s1. The minimum atomic E-state index is -0.678. The van der Waals surface area contributed by atoms with Crippen LogP contribution in [0.1, 0.15) is 17.5 Å². The average molecular weight is 327 g/mol. The van der Waals surface area contributed by atoms with Crippen molar-refractivity contribution in [1.29, 1.82) is 5.26 Å². The SMILES string of the molecule is N#CC1=C(O)NC(=O)[C@@H]([n+]2ccccc2)[C@@H]1c1ccc(Cl)cc1.